The zero-order valence-electron chi connectivity index (χ0n) is 14.5. The van der Waals surface area contributed by atoms with E-state index in [1.165, 1.54) is 12.3 Å². The topological polar surface area (TPSA) is 98.0 Å². The second kappa shape index (κ2) is 7.52. The van der Waals surface area contributed by atoms with Gasteiger partial charge in [-0.05, 0) is 51.0 Å². The lowest BCUT2D eigenvalue weighted by Crippen LogP contribution is -2.26. The Kier molecular flexibility index (Phi) is 5.63. The maximum Gasteiger partial charge on any atom is 0.362 e. The number of nitrogens with zero attached hydrogens (tertiary/aromatic N) is 1. The molecule has 2 aromatic rings. The molecule has 0 amide bonds. The molecule has 1 N–H and O–H groups in total. The number of nitrogens with one attached hydrogen (secondary N) is 1. The number of sulfonamides is 1. The molecule has 1 heterocycles. The van der Waals surface area contributed by atoms with Gasteiger partial charge in [-0.3, -0.25) is 0 Å². The highest BCUT2D eigenvalue weighted by Gasteiger charge is 2.23. The number of hydrogen-bond acceptors (Lipinski definition) is 6. The predicted molar refractivity (Wildman–Crippen MR) is 92.9 cm³/mol. The first-order valence-corrected chi connectivity index (χ1v) is 9.13. The van der Waals surface area contributed by atoms with Crippen LogP contribution in [-0.2, 0) is 19.6 Å². The van der Waals surface area contributed by atoms with E-state index in [2.05, 4.69) is 9.93 Å². The zero-order valence-corrected chi connectivity index (χ0v) is 15.3. The SMILES string of the molecule is CCOC(=O)/C(=N/NS(=O)(=O)c1c(C)cc(C)cc1C)c1ccco1. The van der Waals surface area contributed by atoms with Crippen molar-refractivity contribution in [1.29, 1.82) is 0 Å². The Morgan fingerprint density at radius 1 is 1.24 bits per heavy atom. The minimum absolute atomic E-state index is 0.110. The summed E-state index contributed by atoms with van der Waals surface area (Å²) in [6, 6.07) is 6.59. The molecule has 0 aliphatic carbocycles. The van der Waals surface area contributed by atoms with Crippen molar-refractivity contribution in [2.24, 2.45) is 5.10 Å². The van der Waals surface area contributed by atoms with E-state index in [0.717, 1.165) is 5.56 Å². The fourth-order valence-electron chi connectivity index (χ4n) is 2.56. The number of furan rings is 1. The van der Waals surface area contributed by atoms with E-state index >= 15 is 0 Å². The Bertz CT molecular complexity index is 876. The largest absolute Gasteiger partial charge is 0.462 e. The molecule has 0 unspecified atom stereocenters. The predicted octanol–water partition coefficient (Wildman–Crippen LogP) is 2.45. The van der Waals surface area contributed by atoms with Crippen LogP contribution in [0.4, 0.5) is 0 Å². The standard InChI is InChI=1S/C17H20N2O5S/c1-5-23-17(20)15(14-7-6-8-24-14)18-19-25(21,22)16-12(3)9-11(2)10-13(16)4/h6-10,19H,5H2,1-4H3/b18-15+. The molecular weight excluding hydrogens is 344 g/mol. The second-order valence-corrected chi connectivity index (χ2v) is 7.08. The molecule has 0 spiro atoms. The molecule has 134 valence electrons. The van der Waals surface area contributed by atoms with Crippen molar-refractivity contribution in [2.75, 3.05) is 6.61 Å². The zero-order chi connectivity index (χ0) is 18.6. The van der Waals surface area contributed by atoms with Gasteiger partial charge in [-0.1, -0.05) is 17.7 Å². The third-order valence-corrected chi connectivity index (χ3v) is 4.89. The van der Waals surface area contributed by atoms with Gasteiger partial charge in [-0.2, -0.15) is 18.4 Å². The Morgan fingerprint density at radius 2 is 1.88 bits per heavy atom. The third kappa shape index (κ3) is 4.27. The maximum atomic E-state index is 12.6. The first-order valence-electron chi connectivity index (χ1n) is 7.64. The summed E-state index contributed by atoms with van der Waals surface area (Å²) < 4.78 is 35.3. The number of aryl methyl sites for hydroxylation is 3. The van der Waals surface area contributed by atoms with Crippen LogP contribution in [0.5, 0.6) is 0 Å². The van der Waals surface area contributed by atoms with Gasteiger partial charge in [0.15, 0.2) is 5.76 Å². The van der Waals surface area contributed by atoms with E-state index in [0.29, 0.717) is 11.1 Å². The summed E-state index contributed by atoms with van der Waals surface area (Å²) in [6.07, 6.45) is 1.35. The van der Waals surface area contributed by atoms with Crippen LogP contribution < -0.4 is 4.83 Å². The molecule has 0 aliphatic rings. The van der Waals surface area contributed by atoms with Gasteiger partial charge in [-0.15, -0.1) is 0 Å². The van der Waals surface area contributed by atoms with Crippen molar-refractivity contribution >= 4 is 21.7 Å². The van der Waals surface area contributed by atoms with Gasteiger partial charge in [0.2, 0.25) is 5.71 Å². The number of carbonyl (C=O) groups is 1. The lowest BCUT2D eigenvalue weighted by Gasteiger charge is -2.12. The first kappa shape index (κ1) is 18.7. The Balaban J connectivity index is 2.41. The van der Waals surface area contributed by atoms with Crippen molar-refractivity contribution in [2.45, 2.75) is 32.6 Å². The summed E-state index contributed by atoms with van der Waals surface area (Å²) in [6.45, 7) is 7.06. The normalized spacial score (nSPS) is 12.1. The van der Waals surface area contributed by atoms with E-state index in [9.17, 15) is 13.2 Å². The van der Waals surface area contributed by atoms with Gasteiger partial charge in [-0.25, -0.2) is 4.79 Å². The van der Waals surface area contributed by atoms with Gasteiger partial charge < -0.3 is 9.15 Å². The molecule has 0 bridgehead atoms. The first-order chi connectivity index (χ1) is 11.8. The van der Waals surface area contributed by atoms with Crippen molar-refractivity contribution in [3.63, 3.8) is 0 Å². The van der Waals surface area contributed by atoms with Gasteiger partial charge in [0.05, 0.1) is 17.8 Å². The number of hydrogen-bond donors (Lipinski definition) is 1. The van der Waals surface area contributed by atoms with E-state index in [1.54, 1.807) is 39.0 Å². The van der Waals surface area contributed by atoms with Gasteiger partial charge in [0, 0.05) is 0 Å². The van der Waals surface area contributed by atoms with Crippen LogP contribution >= 0.6 is 0 Å². The van der Waals surface area contributed by atoms with Crippen LogP contribution in [0.3, 0.4) is 0 Å². The van der Waals surface area contributed by atoms with Crippen molar-refractivity contribution in [3.05, 3.63) is 53.0 Å². The molecule has 0 atom stereocenters. The summed E-state index contributed by atoms with van der Waals surface area (Å²) in [7, 11) is -3.96. The van der Waals surface area contributed by atoms with Gasteiger partial charge in [0.25, 0.3) is 10.0 Å². The fourth-order valence-corrected chi connectivity index (χ4v) is 3.82. The molecule has 7 nitrogen and oxygen atoms in total. The lowest BCUT2D eigenvalue weighted by molar-refractivity contribution is -0.135. The monoisotopic (exact) mass is 364 g/mol. The van der Waals surface area contributed by atoms with Crippen LogP contribution in [-0.4, -0.2) is 26.7 Å². The van der Waals surface area contributed by atoms with Gasteiger partial charge >= 0.3 is 5.97 Å². The lowest BCUT2D eigenvalue weighted by atomic mass is 10.1. The molecule has 1 aromatic carbocycles. The maximum absolute atomic E-state index is 12.6. The van der Waals surface area contributed by atoms with Crippen molar-refractivity contribution in [3.8, 4) is 0 Å². The highest BCUT2D eigenvalue weighted by molar-refractivity contribution is 7.89. The number of esters is 1. The summed E-state index contributed by atoms with van der Waals surface area (Å²) in [5, 5.41) is 3.75. The summed E-state index contributed by atoms with van der Waals surface area (Å²) >= 11 is 0. The number of benzene rings is 1. The van der Waals surface area contributed by atoms with E-state index in [-0.39, 0.29) is 23.0 Å². The molecule has 0 radical (unpaired) electrons. The number of ether oxygens (including phenoxy) is 1. The number of carbonyl (C=O) groups excluding carboxylic acids is 1. The van der Waals surface area contributed by atoms with Crippen molar-refractivity contribution < 1.29 is 22.4 Å². The number of hydrazone groups is 1. The molecule has 2 rings (SSSR count). The molecule has 0 aliphatic heterocycles. The van der Waals surface area contributed by atoms with Crippen LogP contribution in [0.25, 0.3) is 0 Å². The van der Waals surface area contributed by atoms with Crippen LogP contribution in [0.2, 0.25) is 0 Å². The summed E-state index contributed by atoms with van der Waals surface area (Å²) in [5.74, 6) is -0.670. The Morgan fingerprint density at radius 3 is 2.40 bits per heavy atom. The molecule has 0 saturated carbocycles. The molecular formula is C17H20N2O5S. The fraction of sp³-hybridized carbons (Fsp3) is 0.294. The average Bonchev–Trinajstić information content (AvgIpc) is 3.00. The Labute approximate surface area is 146 Å². The van der Waals surface area contributed by atoms with Crippen LogP contribution in [0.15, 0.2) is 44.9 Å². The van der Waals surface area contributed by atoms with E-state index in [4.69, 9.17) is 9.15 Å². The molecule has 1 aromatic heterocycles. The highest BCUT2D eigenvalue weighted by atomic mass is 32.2. The average molecular weight is 364 g/mol. The molecule has 0 saturated heterocycles. The third-order valence-electron chi connectivity index (χ3n) is 3.37. The quantitative estimate of drug-likeness (QED) is 0.482. The summed E-state index contributed by atoms with van der Waals surface area (Å²) in [5.41, 5.74) is 1.89. The van der Waals surface area contributed by atoms with Crippen molar-refractivity contribution in [1.82, 2.24) is 4.83 Å². The molecule has 0 fully saturated rings. The minimum Gasteiger partial charge on any atom is -0.462 e. The highest BCUT2D eigenvalue weighted by Crippen LogP contribution is 2.21. The minimum atomic E-state index is -3.96. The van der Waals surface area contributed by atoms with E-state index < -0.39 is 16.0 Å². The summed E-state index contributed by atoms with van der Waals surface area (Å²) in [4.78, 5) is 14.3. The second-order valence-electron chi connectivity index (χ2n) is 5.48. The van der Waals surface area contributed by atoms with Crippen LogP contribution in [0, 0.1) is 20.8 Å². The molecule has 25 heavy (non-hydrogen) atoms. The van der Waals surface area contributed by atoms with Crippen LogP contribution in [0.1, 0.15) is 29.4 Å². The number of rotatable bonds is 6. The van der Waals surface area contributed by atoms with E-state index in [1.807, 2.05) is 6.92 Å². The molecule has 8 heteroatoms. The Hall–Kier alpha value is -2.61. The van der Waals surface area contributed by atoms with Gasteiger partial charge in [0.1, 0.15) is 0 Å². The smallest absolute Gasteiger partial charge is 0.362 e.